The number of nitriles is 1. The Morgan fingerprint density at radius 2 is 1.95 bits per heavy atom. The second-order valence-electron chi connectivity index (χ2n) is 4.59. The van der Waals surface area contributed by atoms with Gasteiger partial charge in [0, 0.05) is 5.69 Å². The minimum absolute atomic E-state index is 0.118. The van der Waals surface area contributed by atoms with E-state index >= 15 is 0 Å². The number of ether oxygens (including phenoxy) is 1. The third-order valence-electron chi connectivity index (χ3n) is 3.11. The molecule has 1 aromatic carbocycles. The van der Waals surface area contributed by atoms with Crippen LogP contribution in [-0.2, 0) is 0 Å². The normalized spacial score (nSPS) is 10.6. The van der Waals surface area contributed by atoms with E-state index in [1.165, 1.54) is 4.68 Å². The van der Waals surface area contributed by atoms with Gasteiger partial charge in [-0.1, -0.05) is 0 Å². The lowest BCUT2D eigenvalue weighted by molar-refractivity contribution is 0.415. The monoisotopic (exact) mass is 281 g/mol. The molecule has 0 saturated heterocycles. The van der Waals surface area contributed by atoms with Crippen LogP contribution < -0.4 is 10.3 Å². The maximum absolute atomic E-state index is 12.2. The molecule has 106 valence electrons. The van der Waals surface area contributed by atoms with E-state index in [0.29, 0.717) is 11.3 Å². The van der Waals surface area contributed by atoms with Crippen molar-refractivity contribution >= 4 is 6.21 Å². The third-order valence-corrected chi connectivity index (χ3v) is 3.11. The molecule has 0 saturated carbocycles. The van der Waals surface area contributed by atoms with E-state index in [-0.39, 0.29) is 5.56 Å². The van der Waals surface area contributed by atoms with Crippen molar-refractivity contribution in [1.82, 2.24) is 4.68 Å². The fourth-order valence-corrected chi connectivity index (χ4v) is 1.98. The number of nitrogens with zero attached hydrogens (tertiary/aromatic N) is 3. The Bertz CT molecular complexity index is 781. The van der Waals surface area contributed by atoms with Crippen LogP contribution in [0.2, 0.25) is 0 Å². The van der Waals surface area contributed by atoms with E-state index in [1.807, 2.05) is 30.3 Å². The zero-order chi connectivity index (χ0) is 15.4. The van der Waals surface area contributed by atoms with E-state index in [2.05, 4.69) is 5.10 Å². The minimum atomic E-state index is -0.403. The first-order valence-electron chi connectivity index (χ1n) is 6.38. The molecule has 0 amide bonds. The molecule has 0 aliphatic carbocycles. The van der Waals surface area contributed by atoms with Gasteiger partial charge in [-0.15, -0.1) is 0 Å². The Kier molecular flexibility index (Phi) is 4.19. The predicted octanol–water partition coefficient (Wildman–Crippen LogP) is 2.23. The lowest BCUT2D eigenvalue weighted by atomic mass is 10.1. The molecule has 0 fully saturated rings. The summed E-state index contributed by atoms with van der Waals surface area (Å²) in [5.74, 6) is 0.752. The van der Waals surface area contributed by atoms with Gasteiger partial charge in [0.25, 0.3) is 5.56 Å². The van der Waals surface area contributed by atoms with Crippen LogP contribution in [0.15, 0.2) is 40.2 Å². The smallest absolute Gasteiger partial charge is 0.289 e. The maximum Gasteiger partial charge on any atom is 0.289 e. The molecule has 1 aromatic heterocycles. The van der Waals surface area contributed by atoms with Gasteiger partial charge in [0.15, 0.2) is 0 Å². The predicted molar refractivity (Wildman–Crippen MR) is 80.9 cm³/mol. The van der Waals surface area contributed by atoms with Crippen LogP contribution in [0.5, 0.6) is 5.75 Å². The number of rotatable bonds is 3. The Morgan fingerprint density at radius 3 is 2.52 bits per heavy atom. The first-order chi connectivity index (χ1) is 10.1. The summed E-state index contributed by atoms with van der Waals surface area (Å²) in [6, 6.07) is 11.0. The molecule has 0 radical (unpaired) electrons. The zero-order valence-electron chi connectivity index (χ0n) is 12.1. The van der Waals surface area contributed by atoms with Gasteiger partial charge in [0.2, 0.25) is 0 Å². The molecule has 0 N–H and O–H groups in total. The minimum Gasteiger partial charge on any atom is -0.497 e. The van der Waals surface area contributed by atoms with Gasteiger partial charge < -0.3 is 4.74 Å². The summed E-state index contributed by atoms with van der Waals surface area (Å²) in [5, 5.41) is 13.2. The average Bonchev–Trinajstić information content (AvgIpc) is 2.47. The summed E-state index contributed by atoms with van der Waals surface area (Å²) in [6.07, 6.45) is 1.57. The standard InChI is InChI=1S/C16H15N3O2/c1-11-8-12(2)19(16(20)15(11)9-17)18-10-13-4-6-14(21-3)7-5-13/h4-8,10H,1-3H3. The lowest BCUT2D eigenvalue weighted by Crippen LogP contribution is -2.22. The van der Waals surface area contributed by atoms with Crippen LogP contribution in [0.4, 0.5) is 0 Å². The van der Waals surface area contributed by atoms with Crippen LogP contribution in [0, 0.1) is 25.2 Å². The SMILES string of the molecule is COc1ccc(C=Nn2c(C)cc(C)c(C#N)c2=O)cc1. The molecule has 0 aliphatic heterocycles. The van der Waals surface area contributed by atoms with Gasteiger partial charge in [0.1, 0.15) is 17.4 Å². The summed E-state index contributed by atoms with van der Waals surface area (Å²) in [4.78, 5) is 12.2. The summed E-state index contributed by atoms with van der Waals surface area (Å²) >= 11 is 0. The van der Waals surface area contributed by atoms with Crippen molar-refractivity contribution in [2.24, 2.45) is 5.10 Å². The molecule has 5 heteroatoms. The van der Waals surface area contributed by atoms with Crippen LogP contribution in [0.1, 0.15) is 22.4 Å². The number of hydrogen-bond donors (Lipinski definition) is 0. The number of pyridine rings is 1. The van der Waals surface area contributed by atoms with Crippen molar-refractivity contribution in [3.63, 3.8) is 0 Å². The van der Waals surface area contributed by atoms with Crippen LogP contribution >= 0.6 is 0 Å². The largest absolute Gasteiger partial charge is 0.497 e. The molecule has 0 bridgehead atoms. The Balaban J connectivity index is 2.41. The molecule has 0 aliphatic rings. The topological polar surface area (TPSA) is 67.4 Å². The molecule has 0 unspecified atom stereocenters. The van der Waals surface area contributed by atoms with E-state index in [0.717, 1.165) is 11.3 Å². The Labute approximate surface area is 122 Å². The highest BCUT2D eigenvalue weighted by atomic mass is 16.5. The number of benzene rings is 1. The quantitative estimate of drug-likeness (QED) is 0.810. The number of aromatic nitrogens is 1. The molecule has 2 rings (SSSR count). The van der Waals surface area contributed by atoms with Gasteiger partial charge >= 0.3 is 0 Å². The highest BCUT2D eigenvalue weighted by Gasteiger charge is 2.08. The summed E-state index contributed by atoms with van der Waals surface area (Å²) in [7, 11) is 1.60. The molecule has 21 heavy (non-hydrogen) atoms. The second kappa shape index (κ2) is 6.06. The van der Waals surface area contributed by atoms with Crippen molar-refractivity contribution in [3.8, 4) is 11.8 Å². The van der Waals surface area contributed by atoms with E-state index < -0.39 is 5.56 Å². The highest BCUT2D eigenvalue weighted by Crippen LogP contribution is 2.10. The molecular formula is C16H15N3O2. The molecule has 2 aromatic rings. The first kappa shape index (κ1) is 14.5. The Morgan fingerprint density at radius 1 is 1.29 bits per heavy atom. The molecular weight excluding hydrogens is 266 g/mol. The lowest BCUT2D eigenvalue weighted by Gasteiger charge is -2.06. The maximum atomic E-state index is 12.2. The van der Waals surface area contributed by atoms with Gasteiger partial charge in [-0.3, -0.25) is 4.79 Å². The molecule has 0 atom stereocenters. The van der Waals surface area contributed by atoms with Crippen molar-refractivity contribution < 1.29 is 4.74 Å². The average molecular weight is 281 g/mol. The molecule has 5 nitrogen and oxygen atoms in total. The summed E-state index contributed by atoms with van der Waals surface area (Å²) in [5.41, 5.74) is 1.89. The fourth-order valence-electron chi connectivity index (χ4n) is 1.98. The van der Waals surface area contributed by atoms with Crippen molar-refractivity contribution in [3.05, 3.63) is 63.1 Å². The van der Waals surface area contributed by atoms with E-state index in [1.54, 1.807) is 33.2 Å². The van der Waals surface area contributed by atoms with Gasteiger partial charge in [-0.2, -0.15) is 10.4 Å². The van der Waals surface area contributed by atoms with Crippen LogP contribution in [-0.4, -0.2) is 18.0 Å². The first-order valence-corrected chi connectivity index (χ1v) is 6.38. The zero-order valence-corrected chi connectivity index (χ0v) is 12.1. The number of hydrogen-bond acceptors (Lipinski definition) is 4. The van der Waals surface area contributed by atoms with Crippen molar-refractivity contribution in [1.29, 1.82) is 5.26 Å². The van der Waals surface area contributed by atoms with Crippen LogP contribution in [0.25, 0.3) is 0 Å². The number of methoxy groups -OCH3 is 1. The van der Waals surface area contributed by atoms with Crippen LogP contribution in [0.3, 0.4) is 0 Å². The molecule has 1 heterocycles. The Hall–Kier alpha value is -2.87. The van der Waals surface area contributed by atoms with Crippen molar-refractivity contribution in [2.45, 2.75) is 13.8 Å². The second-order valence-corrected chi connectivity index (χ2v) is 4.59. The summed E-state index contributed by atoms with van der Waals surface area (Å²) in [6.45, 7) is 3.52. The fraction of sp³-hybridized carbons (Fsp3) is 0.188. The van der Waals surface area contributed by atoms with E-state index in [9.17, 15) is 4.79 Å². The van der Waals surface area contributed by atoms with E-state index in [4.69, 9.17) is 10.00 Å². The van der Waals surface area contributed by atoms with Gasteiger partial charge in [0.05, 0.1) is 13.3 Å². The van der Waals surface area contributed by atoms with Gasteiger partial charge in [-0.25, -0.2) is 4.68 Å². The number of aryl methyl sites for hydroxylation is 2. The third kappa shape index (κ3) is 3.00. The summed E-state index contributed by atoms with van der Waals surface area (Å²) < 4.78 is 6.31. The highest BCUT2D eigenvalue weighted by molar-refractivity contribution is 5.79. The molecule has 0 spiro atoms. The van der Waals surface area contributed by atoms with Gasteiger partial charge in [-0.05, 0) is 55.3 Å². The van der Waals surface area contributed by atoms with Crippen molar-refractivity contribution in [2.75, 3.05) is 7.11 Å².